The van der Waals surface area contributed by atoms with E-state index in [0.717, 1.165) is 35.2 Å². The molecule has 1 aromatic heterocycles. The second kappa shape index (κ2) is 6.05. The van der Waals surface area contributed by atoms with Crippen LogP contribution in [0.3, 0.4) is 0 Å². The highest BCUT2D eigenvalue weighted by atomic mass is 32.2. The summed E-state index contributed by atoms with van der Waals surface area (Å²) >= 11 is -0.993. The molecular formula is C12H16N2O2S. The molecule has 2 aromatic rings. The first-order chi connectivity index (χ1) is 8.33. The number of nitrogens with one attached hydrogen (secondary N) is 1. The van der Waals surface area contributed by atoms with E-state index in [9.17, 15) is 4.55 Å². The van der Waals surface area contributed by atoms with Crippen LogP contribution < -0.4 is 0 Å². The molecular weight excluding hydrogens is 236 g/mol. The number of fused-ring (bicyclic) bond motifs is 1. The molecule has 1 heterocycles. The average molecular weight is 252 g/mol. The molecule has 0 aliphatic heterocycles. The number of aromatic nitrogens is 2. The fourth-order valence-corrected chi connectivity index (χ4v) is 3.07. The maximum Gasteiger partial charge on any atom is 0.178 e. The third kappa shape index (κ3) is 3.00. The van der Waals surface area contributed by atoms with Crippen LogP contribution in [0.4, 0.5) is 0 Å². The lowest BCUT2D eigenvalue weighted by Gasteiger charge is -2.10. The molecule has 0 saturated carbocycles. The number of hydrogen-bond donors (Lipinski definition) is 2. The summed E-state index contributed by atoms with van der Waals surface area (Å²) in [6, 6.07) is 5.66. The zero-order valence-corrected chi connectivity index (χ0v) is 10.4. The lowest BCUT2D eigenvalue weighted by atomic mass is 10.3. The van der Waals surface area contributed by atoms with Gasteiger partial charge in [-0.2, -0.15) is 0 Å². The predicted molar refractivity (Wildman–Crippen MR) is 68.3 cm³/mol. The molecule has 0 fully saturated rings. The molecule has 92 valence electrons. The van der Waals surface area contributed by atoms with Crippen LogP contribution in [-0.4, -0.2) is 32.0 Å². The summed E-state index contributed by atoms with van der Waals surface area (Å²) in [4.78, 5) is 8.00. The van der Waals surface area contributed by atoms with Crippen LogP contribution in [0.5, 0.6) is 0 Å². The molecule has 1 unspecified atom stereocenters. The van der Waals surface area contributed by atoms with Crippen molar-refractivity contribution in [3.63, 3.8) is 0 Å². The van der Waals surface area contributed by atoms with Crippen LogP contribution in [-0.2, 0) is 11.2 Å². The van der Waals surface area contributed by atoms with Gasteiger partial charge in [0.25, 0.3) is 0 Å². The second-order valence-electron chi connectivity index (χ2n) is 3.89. The molecule has 0 amide bonds. The third-order valence-electron chi connectivity index (χ3n) is 2.65. The summed E-state index contributed by atoms with van der Waals surface area (Å²) in [5.41, 5.74) is 1.72. The van der Waals surface area contributed by atoms with E-state index in [-0.39, 0.29) is 6.61 Å². The van der Waals surface area contributed by atoms with Crippen LogP contribution >= 0.6 is 0 Å². The van der Waals surface area contributed by atoms with Gasteiger partial charge in [0.05, 0.1) is 11.8 Å². The van der Waals surface area contributed by atoms with E-state index in [1.165, 1.54) is 0 Å². The SMILES string of the molecule is [O-][S+](CCCCCO)c1cccc2nc[nH]c12. The summed E-state index contributed by atoms with van der Waals surface area (Å²) in [5, 5.41) is 8.67. The Morgan fingerprint density at radius 1 is 1.29 bits per heavy atom. The minimum absolute atomic E-state index is 0.211. The van der Waals surface area contributed by atoms with Gasteiger partial charge in [0, 0.05) is 6.61 Å². The van der Waals surface area contributed by atoms with Crippen molar-refractivity contribution in [3.8, 4) is 0 Å². The van der Waals surface area contributed by atoms with Crippen LogP contribution in [0.15, 0.2) is 29.4 Å². The second-order valence-corrected chi connectivity index (χ2v) is 5.43. The Morgan fingerprint density at radius 3 is 3.00 bits per heavy atom. The van der Waals surface area contributed by atoms with Gasteiger partial charge in [-0.15, -0.1) is 0 Å². The highest BCUT2D eigenvalue weighted by molar-refractivity contribution is 7.91. The molecule has 0 aliphatic carbocycles. The van der Waals surface area contributed by atoms with Gasteiger partial charge in [0.1, 0.15) is 11.3 Å². The highest BCUT2D eigenvalue weighted by Crippen LogP contribution is 2.21. The fourth-order valence-electron chi connectivity index (χ4n) is 1.76. The number of aliphatic hydroxyl groups is 1. The number of unbranched alkanes of at least 4 members (excludes halogenated alkanes) is 2. The Kier molecular flexibility index (Phi) is 4.42. The van der Waals surface area contributed by atoms with Crippen molar-refractivity contribution in [2.45, 2.75) is 24.2 Å². The number of para-hydroxylation sites is 1. The average Bonchev–Trinajstić information content (AvgIpc) is 2.82. The minimum atomic E-state index is -0.993. The van der Waals surface area contributed by atoms with E-state index in [2.05, 4.69) is 9.97 Å². The first-order valence-electron chi connectivity index (χ1n) is 5.74. The zero-order chi connectivity index (χ0) is 12.1. The highest BCUT2D eigenvalue weighted by Gasteiger charge is 2.15. The summed E-state index contributed by atoms with van der Waals surface area (Å²) in [6.45, 7) is 0.211. The maximum absolute atomic E-state index is 12.1. The maximum atomic E-state index is 12.1. The van der Waals surface area contributed by atoms with Gasteiger partial charge in [-0.05, 0) is 42.6 Å². The van der Waals surface area contributed by atoms with Crippen molar-refractivity contribution in [1.82, 2.24) is 9.97 Å². The first kappa shape index (κ1) is 12.4. The Hall–Kier alpha value is -1.04. The molecule has 0 radical (unpaired) electrons. The number of nitrogens with zero attached hydrogens (tertiary/aromatic N) is 1. The molecule has 4 nitrogen and oxygen atoms in total. The lowest BCUT2D eigenvalue weighted by molar-refractivity contribution is 0.284. The zero-order valence-electron chi connectivity index (χ0n) is 9.56. The molecule has 1 aromatic carbocycles. The number of rotatable bonds is 6. The number of aliphatic hydroxyl groups excluding tert-OH is 1. The van der Waals surface area contributed by atoms with E-state index >= 15 is 0 Å². The van der Waals surface area contributed by atoms with Gasteiger partial charge < -0.3 is 14.6 Å². The topological polar surface area (TPSA) is 72.0 Å². The van der Waals surface area contributed by atoms with Gasteiger partial charge in [-0.3, -0.25) is 0 Å². The number of H-pyrrole nitrogens is 1. The van der Waals surface area contributed by atoms with Crippen molar-refractivity contribution >= 4 is 22.2 Å². The molecule has 0 spiro atoms. The summed E-state index contributed by atoms with van der Waals surface area (Å²) < 4.78 is 12.1. The number of hydrogen-bond acceptors (Lipinski definition) is 3. The summed E-state index contributed by atoms with van der Waals surface area (Å²) in [6.07, 6.45) is 4.20. The van der Waals surface area contributed by atoms with Crippen molar-refractivity contribution in [2.24, 2.45) is 0 Å². The summed E-state index contributed by atoms with van der Waals surface area (Å²) in [5.74, 6) is 0.637. The van der Waals surface area contributed by atoms with E-state index in [4.69, 9.17) is 5.11 Å². The van der Waals surface area contributed by atoms with Crippen molar-refractivity contribution in [1.29, 1.82) is 0 Å². The molecule has 17 heavy (non-hydrogen) atoms. The van der Waals surface area contributed by atoms with Gasteiger partial charge in [0.15, 0.2) is 4.90 Å². The molecule has 0 saturated heterocycles. The Morgan fingerprint density at radius 2 is 2.18 bits per heavy atom. The molecule has 2 rings (SSSR count). The largest absolute Gasteiger partial charge is 0.611 e. The van der Waals surface area contributed by atoms with Gasteiger partial charge in [0.2, 0.25) is 0 Å². The molecule has 0 aliphatic rings. The van der Waals surface area contributed by atoms with E-state index in [1.807, 2.05) is 18.2 Å². The lowest BCUT2D eigenvalue weighted by Crippen LogP contribution is -2.07. The molecule has 5 heteroatoms. The smallest absolute Gasteiger partial charge is 0.178 e. The Labute approximate surface area is 103 Å². The van der Waals surface area contributed by atoms with Gasteiger partial charge in [-0.1, -0.05) is 6.07 Å². The Bertz CT molecular complexity index is 472. The standard InChI is InChI=1S/C12H16N2O2S/c15-7-2-1-3-8-17(16)11-6-4-5-10-12(11)14-9-13-10/h4-6,9,15H,1-3,7-8H2,(H,13,14). The fraction of sp³-hybridized carbons (Fsp3) is 0.417. The third-order valence-corrected chi connectivity index (χ3v) is 4.14. The molecule has 2 N–H and O–H groups in total. The Balaban J connectivity index is 2.03. The number of imidazole rings is 1. The first-order valence-corrected chi connectivity index (χ1v) is 7.06. The monoisotopic (exact) mass is 252 g/mol. The minimum Gasteiger partial charge on any atom is -0.611 e. The number of aromatic amines is 1. The van der Waals surface area contributed by atoms with Crippen LogP contribution in [0.1, 0.15) is 19.3 Å². The quantitative estimate of drug-likeness (QED) is 0.608. The van der Waals surface area contributed by atoms with E-state index in [0.29, 0.717) is 5.75 Å². The van der Waals surface area contributed by atoms with Crippen molar-refractivity contribution in [3.05, 3.63) is 24.5 Å². The molecule has 1 atom stereocenters. The van der Waals surface area contributed by atoms with E-state index < -0.39 is 11.2 Å². The van der Waals surface area contributed by atoms with Crippen LogP contribution in [0.25, 0.3) is 11.0 Å². The van der Waals surface area contributed by atoms with Crippen molar-refractivity contribution in [2.75, 3.05) is 12.4 Å². The van der Waals surface area contributed by atoms with Crippen LogP contribution in [0.2, 0.25) is 0 Å². The van der Waals surface area contributed by atoms with Crippen LogP contribution in [0, 0.1) is 0 Å². The van der Waals surface area contributed by atoms with Gasteiger partial charge >= 0.3 is 0 Å². The van der Waals surface area contributed by atoms with E-state index in [1.54, 1.807) is 6.33 Å². The number of benzene rings is 1. The summed E-state index contributed by atoms with van der Waals surface area (Å²) in [7, 11) is 0. The normalized spacial score (nSPS) is 13.1. The van der Waals surface area contributed by atoms with Crippen molar-refractivity contribution < 1.29 is 9.66 Å². The predicted octanol–water partition coefficient (Wildman–Crippen LogP) is 1.83. The molecule has 0 bridgehead atoms. The van der Waals surface area contributed by atoms with Gasteiger partial charge in [-0.25, -0.2) is 4.98 Å².